The molecule has 1 rings (SSSR count). The summed E-state index contributed by atoms with van der Waals surface area (Å²) >= 11 is 5.91. The molecule has 0 heterocycles. The average Bonchev–Trinajstić information content (AvgIpc) is 2.29. The minimum absolute atomic E-state index is 0.0805. The second-order valence-corrected chi connectivity index (χ2v) is 4.54. The number of rotatable bonds is 4. The molecule has 1 aromatic rings. The summed E-state index contributed by atoms with van der Waals surface area (Å²) in [7, 11) is 0. The lowest BCUT2D eigenvalue weighted by molar-refractivity contribution is -0.159. The van der Waals surface area contributed by atoms with Crippen LogP contribution in [0.4, 0.5) is 23.7 Å². The van der Waals surface area contributed by atoms with Gasteiger partial charge in [0.15, 0.2) is 6.61 Å². The Bertz CT molecular complexity index is 478. The quantitative estimate of drug-likeness (QED) is 0.904. The monoisotopic (exact) mass is 311 g/mol. The van der Waals surface area contributed by atoms with E-state index in [9.17, 15) is 18.0 Å². The molecule has 0 saturated heterocycles. The molecule has 1 aromatic carbocycles. The fourth-order valence-electron chi connectivity index (χ4n) is 1.23. The highest BCUT2D eigenvalue weighted by molar-refractivity contribution is 6.32. The van der Waals surface area contributed by atoms with Gasteiger partial charge in [-0.05, 0) is 32.0 Å². The fraction of sp³-hybridized carbons (Fsp3) is 0.417. The highest BCUT2D eigenvalue weighted by Gasteiger charge is 2.29. The van der Waals surface area contributed by atoms with Gasteiger partial charge in [-0.2, -0.15) is 13.2 Å². The summed E-state index contributed by atoms with van der Waals surface area (Å²) in [5, 5.41) is 2.36. The van der Waals surface area contributed by atoms with Crippen molar-refractivity contribution in [2.45, 2.75) is 26.1 Å². The van der Waals surface area contributed by atoms with E-state index in [0.717, 1.165) is 0 Å². The van der Waals surface area contributed by atoms with E-state index in [2.05, 4.69) is 10.1 Å². The van der Waals surface area contributed by atoms with Crippen LogP contribution in [-0.4, -0.2) is 25.0 Å². The number of hydrogen-bond donors (Lipinski definition) is 1. The van der Waals surface area contributed by atoms with E-state index >= 15 is 0 Å². The molecule has 8 heteroatoms. The summed E-state index contributed by atoms with van der Waals surface area (Å²) in [6, 6.07) is 4.30. The predicted molar refractivity (Wildman–Crippen MR) is 68.2 cm³/mol. The number of ether oxygens (including phenoxy) is 2. The van der Waals surface area contributed by atoms with Crippen LogP contribution in [0.15, 0.2) is 18.2 Å². The average molecular weight is 312 g/mol. The normalized spacial score (nSPS) is 11.3. The van der Waals surface area contributed by atoms with Gasteiger partial charge in [0.1, 0.15) is 5.75 Å². The summed E-state index contributed by atoms with van der Waals surface area (Å²) < 4.78 is 44.9. The van der Waals surface area contributed by atoms with Crippen LogP contribution in [0.5, 0.6) is 5.75 Å². The molecule has 0 radical (unpaired) electrons. The molecule has 20 heavy (non-hydrogen) atoms. The Morgan fingerprint density at radius 3 is 2.55 bits per heavy atom. The van der Waals surface area contributed by atoms with Gasteiger partial charge in [0.2, 0.25) is 0 Å². The van der Waals surface area contributed by atoms with Crippen molar-refractivity contribution in [2.24, 2.45) is 0 Å². The lowest BCUT2D eigenvalue weighted by Crippen LogP contribution is -2.23. The van der Waals surface area contributed by atoms with Crippen LogP contribution in [0.2, 0.25) is 5.02 Å². The molecule has 0 fully saturated rings. The molecule has 0 spiro atoms. The maximum absolute atomic E-state index is 11.9. The summed E-state index contributed by atoms with van der Waals surface area (Å²) in [5.41, 5.74) is 0.207. The Hall–Kier alpha value is -1.63. The lowest BCUT2D eigenvalue weighted by Gasteiger charge is -2.13. The molecule has 112 valence electrons. The topological polar surface area (TPSA) is 47.6 Å². The van der Waals surface area contributed by atoms with Crippen LogP contribution in [0.1, 0.15) is 13.8 Å². The van der Waals surface area contributed by atoms with E-state index in [1.807, 2.05) is 13.8 Å². The number of benzene rings is 1. The van der Waals surface area contributed by atoms with Crippen molar-refractivity contribution < 1.29 is 27.4 Å². The van der Waals surface area contributed by atoms with Gasteiger partial charge in [-0.15, -0.1) is 0 Å². The third-order valence-corrected chi connectivity index (χ3v) is 2.20. The summed E-state index contributed by atoms with van der Waals surface area (Å²) in [4.78, 5) is 11.1. The van der Waals surface area contributed by atoms with Gasteiger partial charge >= 0.3 is 12.3 Å². The van der Waals surface area contributed by atoms with Crippen LogP contribution < -0.4 is 10.1 Å². The smallest absolute Gasteiger partial charge is 0.422 e. The Labute approximate surface area is 118 Å². The molecule has 0 atom stereocenters. The molecule has 1 N–H and O–H groups in total. The maximum atomic E-state index is 11.9. The van der Waals surface area contributed by atoms with Crippen molar-refractivity contribution in [3.8, 4) is 5.75 Å². The largest absolute Gasteiger partial charge is 0.489 e. The van der Waals surface area contributed by atoms with Gasteiger partial charge in [0.05, 0.1) is 11.1 Å². The van der Waals surface area contributed by atoms with E-state index in [0.29, 0.717) is 5.75 Å². The van der Waals surface area contributed by atoms with E-state index in [4.69, 9.17) is 16.3 Å². The predicted octanol–water partition coefficient (Wildman–Crippen LogP) is 4.24. The zero-order valence-corrected chi connectivity index (χ0v) is 11.5. The summed E-state index contributed by atoms with van der Waals surface area (Å²) in [6.07, 6.45) is -5.86. The number of alkyl halides is 3. The molecule has 0 aromatic heterocycles. The molecule has 0 aliphatic carbocycles. The van der Waals surface area contributed by atoms with Crippen molar-refractivity contribution in [1.29, 1.82) is 0 Å². The first kappa shape index (κ1) is 16.4. The molecule has 0 aliphatic heterocycles. The second kappa shape index (κ2) is 6.69. The van der Waals surface area contributed by atoms with Gasteiger partial charge < -0.3 is 9.47 Å². The number of anilines is 1. The van der Waals surface area contributed by atoms with Crippen LogP contribution in [-0.2, 0) is 4.74 Å². The molecule has 0 aliphatic rings. The SMILES string of the molecule is CC(C)Oc1ccc(NC(=O)OCC(F)(F)F)cc1Cl. The Morgan fingerprint density at radius 2 is 2.05 bits per heavy atom. The van der Waals surface area contributed by atoms with Crippen molar-refractivity contribution in [1.82, 2.24) is 0 Å². The number of halogens is 4. The highest BCUT2D eigenvalue weighted by atomic mass is 35.5. The van der Waals surface area contributed by atoms with Gasteiger partial charge in [-0.3, -0.25) is 5.32 Å². The first-order valence-corrected chi connectivity index (χ1v) is 6.02. The lowest BCUT2D eigenvalue weighted by atomic mass is 10.3. The fourth-order valence-corrected chi connectivity index (χ4v) is 1.45. The summed E-state index contributed by atoms with van der Waals surface area (Å²) in [6.45, 7) is 1.98. The Kier molecular flexibility index (Phi) is 5.50. The molecule has 0 saturated carbocycles. The Balaban J connectivity index is 2.60. The summed E-state index contributed by atoms with van der Waals surface area (Å²) in [5.74, 6) is 0.413. The Morgan fingerprint density at radius 1 is 1.40 bits per heavy atom. The molecular formula is C12H13ClF3NO3. The minimum atomic E-state index is -4.57. The van der Waals surface area contributed by atoms with Gasteiger partial charge in [0, 0.05) is 5.69 Å². The van der Waals surface area contributed by atoms with Crippen LogP contribution >= 0.6 is 11.6 Å². The van der Waals surface area contributed by atoms with Crippen LogP contribution in [0, 0.1) is 0 Å². The minimum Gasteiger partial charge on any atom is -0.489 e. The third-order valence-electron chi connectivity index (χ3n) is 1.91. The molecular weight excluding hydrogens is 299 g/mol. The van der Waals surface area contributed by atoms with Crippen molar-refractivity contribution in [3.63, 3.8) is 0 Å². The van der Waals surface area contributed by atoms with Crippen LogP contribution in [0.3, 0.4) is 0 Å². The van der Waals surface area contributed by atoms with Crippen molar-refractivity contribution >= 4 is 23.4 Å². The number of carbonyl (C=O) groups excluding carboxylic acids is 1. The third kappa shape index (κ3) is 6.01. The molecule has 1 amide bonds. The van der Waals surface area contributed by atoms with Gasteiger partial charge in [-0.1, -0.05) is 11.6 Å². The number of carbonyl (C=O) groups is 1. The number of amides is 1. The van der Waals surface area contributed by atoms with E-state index < -0.39 is 18.9 Å². The van der Waals surface area contributed by atoms with E-state index in [1.165, 1.54) is 18.2 Å². The highest BCUT2D eigenvalue weighted by Crippen LogP contribution is 2.28. The second-order valence-electron chi connectivity index (χ2n) is 4.13. The first-order valence-electron chi connectivity index (χ1n) is 5.64. The number of hydrogen-bond acceptors (Lipinski definition) is 3. The molecule has 0 unspecified atom stereocenters. The van der Waals surface area contributed by atoms with Gasteiger partial charge in [-0.25, -0.2) is 4.79 Å². The van der Waals surface area contributed by atoms with Crippen molar-refractivity contribution in [2.75, 3.05) is 11.9 Å². The van der Waals surface area contributed by atoms with E-state index in [1.54, 1.807) is 0 Å². The van der Waals surface area contributed by atoms with Crippen molar-refractivity contribution in [3.05, 3.63) is 23.2 Å². The first-order chi connectivity index (χ1) is 9.17. The van der Waals surface area contributed by atoms with E-state index in [-0.39, 0.29) is 16.8 Å². The maximum Gasteiger partial charge on any atom is 0.422 e. The zero-order valence-electron chi connectivity index (χ0n) is 10.8. The number of nitrogens with one attached hydrogen (secondary N) is 1. The molecule has 4 nitrogen and oxygen atoms in total. The van der Waals surface area contributed by atoms with Gasteiger partial charge in [0.25, 0.3) is 0 Å². The molecule has 0 bridgehead atoms. The standard InChI is InChI=1S/C12H13ClF3NO3/c1-7(2)20-10-4-3-8(5-9(10)13)17-11(18)19-6-12(14,15)16/h3-5,7H,6H2,1-2H3,(H,17,18). The zero-order chi connectivity index (χ0) is 15.3. The van der Waals surface area contributed by atoms with Crippen LogP contribution in [0.25, 0.3) is 0 Å².